The van der Waals surface area contributed by atoms with E-state index < -0.39 is 5.97 Å². The number of fused-ring (bicyclic) bond motifs is 2. The summed E-state index contributed by atoms with van der Waals surface area (Å²) in [5, 5.41) is 9.71. The number of nitrogens with zero attached hydrogens (tertiary/aromatic N) is 2. The smallest absolute Gasteiger partial charge is 0.346 e. The molecule has 1 aliphatic heterocycles. The molecular weight excluding hydrogens is 406 g/mol. The quantitative estimate of drug-likeness (QED) is 0.642. The van der Waals surface area contributed by atoms with E-state index in [0.29, 0.717) is 33.9 Å². The van der Waals surface area contributed by atoms with Gasteiger partial charge in [0.25, 0.3) is 5.56 Å². The van der Waals surface area contributed by atoms with Gasteiger partial charge in [-0.15, -0.1) is 11.3 Å². The summed E-state index contributed by atoms with van der Waals surface area (Å²) in [4.78, 5) is 34.4. The van der Waals surface area contributed by atoms with Crippen molar-refractivity contribution in [3.8, 4) is 11.5 Å². The van der Waals surface area contributed by atoms with Gasteiger partial charge in [0.1, 0.15) is 15.5 Å². The summed E-state index contributed by atoms with van der Waals surface area (Å²) in [6.07, 6.45) is 0.841. The lowest BCUT2D eigenvalue weighted by molar-refractivity contribution is 0.0701. The number of thiophene rings is 1. The molecule has 0 fully saturated rings. The highest BCUT2D eigenvalue weighted by Crippen LogP contribution is 2.35. The van der Waals surface area contributed by atoms with Gasteiger partial charge in [0, 0.05) is 13.1 Å². The Morgan fingerprint density at radius 1 is 1.27 bits per heavy atom. The minimum atomic E-state index is -1.04. The highest BCUT2D eigenvalue weighted by molar-refractivity contribution is 7.20. The molecule has 1 aliphatic rings. The molecule has 2 N–H and O–H groups in total. The molecule has 1 unspecified atom stereocenters. The number of aromatic nitrogens is 2. The van der Waals surface area contributed by atoms with E-state index in [1.807, 2.05) is 19.1 Å². The van der Waals surface area contributed by atoms with Crippen molar-refractivity contribution in [2.75, 3.05) is 20.8 Å². The van der Waals surface area contributed by atoms with Gasteiger partial charge in [-0.05, 0) is 49.1 Å². The van der Waals surface area contributed by atoms with Gasteiger partial charge in [-0.2, -0.15) is 0 Å². The predicted molar refractivity (Wildman–Crippen MR) is 114 cm³/mol. The van der Waals surface area contributed by atoms with Crippen LogP contribution in [-0.4, -0.2) is 46.7 Å². The number of benzene rings is 1. The lowest BCUT2D eigenvalue weighted by Gasteiger charge is -2.33. The van der Waals surface area contributed by atoms with Gasteiger partial charge >= 0.3 is 5.97 Å². The maximum absolute atomic E-state index is 12.7. The third kappa shape index (κ3) is 3.33. The summed E-state index contributed by atoms with van der Waals surface area (Å²) in [6.45, 7) is 5.12. The number of carboxylic acids is 1. The highest BCUT2D eigenvalue weighted by Gasteiger charge is 2.26. The van der Waals surface area contributed by atoms with Gasteiger partial charge in [-0.1, -0.05) is 0 Å². The van der Waals surface area contributed by atoms with Crippen LogP contribution in [0.15, 0.2) is 16.9 Å². The van der Waals surface area contributed by atoms with Gasteiger partial charge < -0.3 is 19.6 Å². The first-order chi connectivity index (χ1) is 14.3. The molecule has 0 aliphatic carbocycles. The number of ether oxygens (including phenoxy) is 2. The van der Waals surface area contributed by atoms with Crippen LogP contribution in [0.3, 0.4) is 0 Å². The van der Waals surface area contributed by atoms with Crippen molar-refractivity contribution in [3.63, 3.8) is 0 Å². The van der Waals surface area contributed by atoms with Gasteiger partial charge in [0.15, 0.2) is 11.5 Å². The Balaban J connectivity index is 1.67. The van der Waals surface area contributed by atoms with Crippen molar-refractivity contribution >= 4 is 27.5 Å². The van der Waals surface area contributed by atoms with Crippen LogP contribution in [0.2, 0.25) is 0 Å². The second-order valence-electron chi connectivity index (χ2n) is 7.37. The number of nitrogens with one attached hydrogen (secondary N) is 1. The first kappa shape index (κ1) is 20.4. The fourth-order valence-electron chi connectivity index (χ4n) is 3.97. The molecule has 9 heteroatoms. The normalized spacial score (nSPS) is 15.1. The van der Waals surface area contributed by atoms with E-state index in [0.717, 1.165) is 35.6 Å². The zero-order valence-electron chi connectivity index (χ0n) is 17.2. The summed E-state index contributed by atoms with van der Waals surface area (Å²) < 4.78 is 10.8. The van der Waals surface area contributed by atoms with Crippen LogP contribution < -0.4 is 15.0 Å². The number of carbonyl (C=O) groups is 1. The second kappa shape index (κ2) is 7.73. The monoisotopic (exact) mass is 429 g/mol. The van der Waals surface area contributed by atoms with Crippen molar-refractivity contribution in [3.05, 3.63) is 49.9 Å². The number of carboxylic acid groups (broad SMARTS) is 1. The largest absolute Gasteiger partial charge is 0.493 e. The summed E-state index contributed by atoms with van der Waals surface area (Å²) in [5.41, 5.74) is 2.53. The Hall–Kier alpha value is -2.91. The van der Waals surface area contributed by atoms with Crippen LogP contribution in [0, 0.1) is 6.92 Å². The minimum Gasteiger partial charge on any atom is -0.493 e. The zero-order chi connectivity index (χ0) is 21.6. The van der Waals surface area contributed by atoms with Gasteiger partial charge in [0.05, 0.1) is 25.6 Å². The average Bonchev–Trinajstić information content (AvgIpc) is 3.08. The molecule has 3 heterocycles. The van der Waals surface area contributed by atoms with E-state index >= 15 is 0 Å². The van der Waals surface area contributed by atoms with Gasteiger partial charge in [-0.25, -0.2) is 9.78 Å². The molecule has 2 aromatic heterocycles. The van der Waals surface area contributed by atoms with E-state index in [1.54, 1.807) is 21.1 Å². The third-order valence-corrected chi connectivity index (χ3v) is 6.88. The van der Waals surface area contributed by atoms with E-state index in [1.165, 1.54) is 5.56 Å². The van der Waals surface area contributed by atoms with Crippen molar-refractivity contribution in [2.45, 2.75) is 32.9 Å². The standard InChI is InChI=1S/C21H23N3O5S/c1-10-16-19(25)22-18(23-20(16)30-17(10)21(26)27)11(2)24-6-5-12-7-14(28-3)15(29-4)8-13(12)9-24/h7-8,11H,5-6,9H2,1-4H3,(H,26,27)(H,22,23,25). The number of aromatic carboxylic acids is 1. The topological polar surface area (TPSA) is 105 Å². The molecule has 158 valence electrons. The highest BCUT2D eigenvalue weighted by atomic mass is 32.1. The van der Waals surface area contributed by atoms with Crippen molar-refractivity contribution < 1.29 is 19.4 Å². The number of hydrogen-bond acceptors (Lipinski definition) is 7. The summed E-state index contributed by atoms with van der Waals surface area (Å²) in [5.74, 6) is 0.904. The molecule has 4 rings (SSSR count). The summed E-state index contributed by atoms with van der Waals surface area (Å²) in [7, 11) is 3.24. The first-order valence-electron chi connectivity index (χ1n) is 9.58. The Labute approximate surface area is 177 Å². The maximum atomic E-state index is 12.7. The fourth-order valence-corrected chi connectivity index (χ4v) is 5.00. The summed E-state index contributed by atoms with van der Waals surface area (Å²) >= 11 is 1.04. The zero-order valence-corrected chi connectivity index (χ0v) is 18.1. The van der Waals surface area contributed by atoms with Crippen LogP contribution in [0.25, 0.3) is 10.2 Å². The number of rotatable bonds is 5. The van der Waals surface area contributed by atoms with E-state index in [4.69, 9.17) is 9.47 Å². The Bertz CT molecular complexity index is 1200. The molecule has 0 saturated heterocycles. The SMILES string of the molecule is COc1cc2c(cc1OC)CN(C(C)c1nc3sc(C(=O)O)c(C)c3c(=O)[nH]1)CC2. The third-order valence-electron chi connectivity index (χ3n) is 5.70. The van der Waals surface area contributed by atoms with E-state index in [2.05, 4.69) is 14.9 Å². The molecule has 8 nitrogen and oxygen atoms in total. The Morgan fingerprint density at radius 3 is 2.57 bits per heavy atom. The van der Waals surface area contributed by atoms with Gasteiger partial charge in [0.2, 0.25) is 0 Å². The molecule has 30 heavy (non-hydrogen) atoms. The lowest BCUT2D eigenvalue weighted by atomic mass is 9.97. The van der Waals surface area contributed by atoms with E-state index in [9.17, 15) is 14.7 Å². The predicted octanol–water partition coefficient (Wildman–Crippen LogP) is 3.13. The lowest BCUT2D eigenvalue weighted by Crippen LogP contribution is -2.34. The Kier molecular flexibility index (Phi) is 5.25. The molecule has 0 saturated carbocycles. The van der Waals surface area contributed by atoms with Crippen LogP contribution >= 0.6 is 11.3 Å². The maximum Gasteiger partial charge on any atom is 0.346 e. The second-order valence-corrected chi connectivity index (χ2v) is 8.36. The molecule has 3 aromatic rings. The fraction of sp³-hybridized carbons (Fsp3) is 0.381. The molecule has 0 spiro atoms. The summed E-state index contributed by atoms with van der Waals surface area (Å²) in [6, 6.07) is 3.87. The van der Waals surface area contributed by atoms with Crippen molar-refractivity contribution in [2.24, 2.45) is 0 Å². The van der Waals surface area contributed by atoms with Crippen LogP contribution in [-0.2, 0) is 13.0 Å². The number of aryl methyl sites for hydroxylation is 1. The van der Waals surface area contributed by atoms with Gasteiger partial charge in [-0.3, -0.25) is 9.69 Å². The number of methoxy groups -OCH3 is 2. The van der Waals surface area contributed by atoms with Crippen LogP contribution in [0.1, 0.15) is 45.2 Å². The Morgan fingerprint density at radius 2 is 1.93 bits per heavy atom. The van der Waals surface area contributed by atoms with Crippen molar-refractivity contribution in [1.29, 1.82) is 0 Å². The molecule has 0 radical (unpaired) electrons. The minimum absolute atomic E-state index is 0.140. The van der Waals surface area contributed by atoms with Crippen LogP contribution in [0.4, 0.5) is 0 Å². The first-order valence-corrected chi connectivity index (χ1v) is 10.4. The van der Waals surface area contributed by atoms with Crippen molar-refractivity contribution in [1.82, 2.24) is 14.9 Å². The molecule has 0 bridgehead atoms. The molecule has 1 aromatic carbocycles. The molecule has 0 amide bonds. The number of H-pyrrole nitrogens is 1. The number of aromatic amines is 1. The molecule has 1 atom stereocenters. The van der Waals surface area contributed by atoms with E-state index in [-0.39, 0.29) is 16.5 Å². The number of hydrogen-bond donors (Lipinski definition) is 2. The average molecular weight is 429 g/mol. The molecular formula is C21H23N3O5S. The van der Waals surface area contributed by atoms with Crippen LogP contribution in [0.5, 0.6) is 11.5 Å².